The molecule has 0 aromatic heterocycles. The number of esters is 1. The molecule has 0 rings (SSSR count). The Hall–Kier alpha value is -1.40. The number of aliphatic hydroxyl groups is 2. The lowest BCUT2D eigenvalue weighted by Gasteiger charge is -2.20. The molecular weight excluding hydrogens is 971 g/mol. The smallest absolute Gasteiger partial charge is 0.305 e. The number of unbranched alkanes of at least 4 members (excludes halogenated alkanes) is 58. The third-order valence-electron chi connectivity index (χ3n) is 17.3. The van der Waals surface area contributed by atoms with Crippen molar-refractivity contribution < 1.29 is 24.5 Å². The summed E-state index contributed by atoms with van der Waals surface area (Å²) in [7, 11) is 0. The third-order valence-corrected chi connectivity index (χ3v) is 17.3. The Kier molecular flexibility index (Phi) is 67.9. The van der Waals surface area contributed by atoms with Gasteiger partial charge in [0.2, 0.25) is 5.91 Å². The first-order valence-corrected chi connectivity index (χ1v) is 36.5. The van der Waals surface area contributed by atoms with Crippen LogP contribution in [0.2, 0.25) is 0 Å². The van der Waals surface area contributed by atoms with Crippen molar-refractivity contribution in [1.82, 2.24) is 5.32 Å². The molecule has 6 nitrogen and oxygen atoms in total. The Bertz CT molecular complexity index is 1190. The van der Waals surface area contributed by atoms with Gasteiger partial charge in [0.25, 0.3) is 0 Å². The molecule has 6 heteroatoms. The van der Waals surface area contributed by atoms with E-state index in [-0.39, 0.29) is 18.5 Å². The molecule has 2 atom stereocenters. The Balaban J connectivity index is 3.32. The molecule has 0 aliphatic rings. The first kappa shape index (κ1) is 77.6. The van der Waals surface area contributed by atoms with Crippen molar-refractivity contribution >= 4 is 11.9 Å². The molecule has 470 valence electrons. The predicted octanol–water partition coefficient (Wildman–Crippen LogP) is 23.5. The predicted molar refractivity (Wildman–Crippen MR) is 347 cm³/mol. The van der Waals surface area contributed by atoms with Crippen LogP contribution in [0, 0.1) is 0 Å². The zero-order chi connectivity index (χ0) is 57.1. The van der Waals surface area contributed by atoms with Crippen molar-refractivity contribution in [2.24, 2.45) is 0 Å². The zero-order valence-electron chi connectivity index (χ0n) is 53.9. The SMILES string of the molecule is CCCCCCCCCCCCCCCC/C=C/C(O)C(CO)NC(=O)CCCCCCCCCCCCCCCCCCCCCCCCCCCCCCCCCCOC(=O)CCCCCCCCCCCCCCCC. The number of nitrogens with one attached hydrogen (secondary N) is 1. The molecule has 0 fully saturated rings. The number of carbonyl (C=O) groups is 2. The highest BCUT2D eigenvalue weighted by molar-refractivity contribution is 5.76. The van der Waals surface area contributed by atoms with Gasteiger partial charge < -0.3 is 20.3 Å². The van der Waals surface area contributed by atoms with E-state index in [9.17, 15) is 19.8 Å². The Morgan fingerprint density at radius 1 is 0.342 bits per heavy atom. The minimum Gasteiger partial charge on any atom is -0.466 e. The normalized spacial score (nSPS) is 12.5. The standard InChI is InChI=1S/C73H143NO5/c1-3-5-7-9-11-13-15-17-19-38-41-45-49-53-57-61-65-71(76)70(69-75)74-72(77)66-62-58-54-50-46-42-39-36-34-32-30-28-26-24-22-20-21-23-25-27-29-31-33-35-37-40-44-48-52-56-60-64-68-79-73(78)67-63-59-55-51-47-43-18-16-14-12-10-8-6-4-2/h61,65,70-71,75-76H,3-60,62-64,66-69H2,1-2H3,(H,74,77)/b65-61+. The van der Waals surface area contributed by atoms with Crippen molar-refractivity contribution in [1.29, 1.82) is 0 Å². The van der Waals surface area contributed by atoms with Gasteiger partial charge in [0.15, 0.2) is 0 Å². The van der Waals surface area contributed by atoms with E-state index in [2.05, 4.69) is 19.2 Å². The van der Waals surface area contributed by atoms with Gasteiger partial charge in [0.1, 0.15) is 0 Å². The van der Waals surface area contributed by atoms with Gasteiger partial charge in [-0.25, -0.2) is 0 Å². The molecule has 2 unspecified atom stereocenters. The second-order valence-electron chi connectivity index (χ2n) is 25.3. The highest BCUT2D eigenvalue weighted by Crippen LogP contribution is 2.19. The van der Waals surface area contributed by atoms with Crippen LogP contribution >= 0.6 is 0 Å². The van der Waals surface area contributed by atoms with Crippen LogP contribution < -0.4 is 5.32 Å². The fourth-order valence-corrected chi connectivity index (χ4v) is 11.8. The molecule has 79 heavy (non-hydrogen) atoms. The van der Waals surface area contributed by atoms with Gasteiger partial charge in [-0.05, 0) is 32.1 Å². The fourth-order valence-electron chi connectivity index (χ4n) is 11.8. The van der Waals surface area contributed by atoms with Crippen LogP contribution in [0.4, 0.5) is 0 Å². The summed E-state index contributed by atoms with van der Waals surface area (Å²) in [4.78, 5) is 24.6. The van der Waals surface area contributed by atoms with E-state index in [1.807, 2.05) is 6.08 Å². The minimum atomic E-state index is -0.840. The number of ether oxygens (including phenoxy) is 1. The highest BCUT2D eigenvalue weighted by atomic mass is 16.5. The van der Waals surface area contributed by atoms with Crippen molar-refractivity contribution in [3.05, 3.63) is 12.2 Å². The average molecular weight is 1110 g/mol. The summed E-state index contributed by atoms with van der Waals surface area (Å²) in [6.07, 6.45) is 86.0. The van der Waals surface area contributed by atoms with E-state index in [1.54, 1.807) is 6.08 Å². The molecule has 3 N–H and O–H groups in total. The number of aliphatic hydroxyl groups excluding tert-OH is 2. The largest absolute Gasteiger partial charge is 0.466 e. The number of hydrogen-bond donors (Lipinski definition) is 3. The number of carbonyl (C=O) groups excluding carboxylic acids is 2. The van der Waals surface area contributed by atoms with E-state index in [0.29, 0.717) is 19.4 Å². The lowest BCUT2D eigenvalue weighted by atomic mass is 10.0. The summed E-state index contributed by atoms with van der Waals surface area (Å²) in [5.41, 5.74) is 0. The van der Waals surface area contributed by atoms with Crippen LogP contribution in [0.5, 0.6) is 0 Å². The molecule has 0 aromatic carbocycles. The molecule has 0 radical (unpaired) electrons. The average Bonchev–Trinajstić information content (AvgIpc) is 3.45. The van der Waals surface area contributed by atoms with Gasteiger partial charge in [-0.3, -0.25) is 9.59 Å². The maximum Gasteiger partial charge on any atom is 0.305 e. The van der Waals surface area contributed by atoms with E-state index >= 15 is 0 Å². The molecule has 0 saturated heterocycles. The first-order chi connectivity index (χ1) is 39.0. The number of rotatable bonds is 69. The summed E-state index contributed by atoms with van der Waals surface area (Å²) in [6, 6.07) is -0.623. The summed E-state index contributed by atoms with van der Waals surface area (Å²) in [5.74, 6) is -0.0358. The molecular formula is C73H143NO5. The molecule has 0 aromatic rings. The molecule has 0 heterocycles. The molecule has 0 bridgehead atoms. The summed E-state index contributed by atoms with van der Waals surface area (Å²) >= 11 is 0. The maximum atomic E-state index is 12.5. The third kappa shape index (κ3) is 65.6. The summed E-state index contributed by atoms with van der Waals surface area (Å²) in [6.45, 7) is 4.95. The quantitative estimate of drug-likeness (QED) is 0.0320. The van der Waals surface area contributed by atoms with Crippen LogP contribution in [0.15, 0.2) is 12.2 Å². The van der Waals surface area contributed by atoms with Gasteiger partial charge in [0, 0.05) is 12.8 Å². The van der Waals surface area contributed by atoms with Crippen LogP contribution in [-0.2, 0) is 14.3 Å². The lowest BCUT2D eigenvalue weighted by Crippen LogP contribution is -2.45. The van der Waals surface area contributed by atoms with Gasteiger partial charge in [-0.15, -0.1) is 0 Å². The molecule has 0 spiro atoms. The molecule has 1 amide bonds. The fraction of sp³-hybridized carbons (Fsp3) is 0.945. The van der Waals surface area contributed by atoms with Gasteiger partial charge in [-0.2, -0.15) is 0 Å². The van der Waals surface area contributed by atoms with Crippen LogP contribution in [0.1, 0.15) is 418 Å². The van der Waals surface area contributed by atoms with Crippen LogP contribution in [0.3, 0.4) is 0 Å². The Morgan fingerprint density at radius 2 is 0.582 bits per heavy atom. The number of amides is 1. The topological polar surface area (TPSA) is 95.9 Å². The molecule has 0 aliphatic heterocycles. The van der Waals surface area contributed by atoms with Crippen LogP contribution in [-0.4, -0.2) is 47.4 Å². The first-order valence-electron chi connectivity index (χ1n) is 36.5. The van der Waals surface area contributed by atoms with Crippen LogP contribution in [0.25, 0.3) is 0 Å². The Morgan fingerprint density at radius 3 is 0.861 bits per heavy atom. The number of allylic oxidation sites excluding steroid dienone is 1. The van der Waals surface area contributed by atoms with E-state index < -0.39 is 12.1 Å². The monoisotopic (exact) mass is 1110 g/mol. The minimum absolute atomic E-state index is 0.0241. The maximum absolute atomic E-state index is 12.5. The second kappa shape index (κ2) is 69.1. The van der Waals surface area contributed by atoms with Gasteiger partial charge in [0.05, 0.1) is 25.4 Å². The van der Waals surface area contributed by atoms with Crippen molar-refractivity contribution in [3.63, 3.8) is 0 Å². The molecule has 0 aliphatic carbocycles. The van der Waals surface area contributed by atoms with E-state index in [0.717, 1.165) is 38.5 Å². The summed E-state index contributed by atoms with van der Waals surface area (Å²) in [5, 5.41) is 23.2. The van der Waals surface area contributed by atoms with Gasteiger partial charge >= 0.3 is 5.97 Å². The summed E-state index contributed by atoms with van der Waals surface area (Å²) < 4.78 is 5.50. The second-order valence-corrected chi connectivity index (χ2v) is 25.3. The van der Waals surface area contributed by atoms with Gasteiger partial charge in [-0.1, -0.05) is 386 Å². The van der Waals surface area contributed by atoms with Crippen molar-refractivity contribution in [3.8, 4) is 0 Å². The lowest BCUT2D eigenvalue weighted by molar-refractivity contribution is -0.143. The van der Waals surface area contributed by atoms with E-state index in [4.69, 9.17) is 4.74 Å². The van der Waals surface area contributed by atoms with Crippen molar-refractivity contribution in [2.45, 2.75) is 431 Å². The zero-order valence-corrected chi connectivity index (χ0v) is 53.9. The highest BCUT2D eigenvalue weighted by Gasteiger charge is 2.18. The van der Waals surface area contributed by atoms with Crippen molar-refractivity contribution in [2.75, 3.05) is 13.2 Å². The molecule has 0 saturated carbocycles. The Labute approximate surface area is 495 Å². The number of hydrogen-bond acceptors (Lipinski definition) is 5. The van der Waals surface area contributed by atoms with E-state index in [1.165, 1.54) is 353 Å².